The molecule has 0 saturated carbocycles. The van der Waals surface area contributed by atoms with Crippen LogP contribution >= 0.6 is 11.3 Å². The van der Waals surface area contributed by atoms with Gasteiger partial charge in [0.25, 0.3) is 0 Å². The Morgan fingerprint density at radius 1 is 0.829 bits per heavy atom. The first-order valence-corrected chi connectivity index (χ1v) is 13.1. The molecular formula is C26H32N6O2S. The quantitative estimate of drug-likeness (QED) is 0.545. The van der Waals surface area contributed by atoms with Gasteiger partial charge in [0.15, 0.2) is 5.13 Å². The lowest BCUT2D eigenvalue weighted by molar-refractivity contribution is -0.137. The Bertz CT molecular complexity index is 1180. The standard InChI is InChI=1S/C26H32N6O2S/c1-19-5-3-7-22(20(19)2)29-11-13-30(14-12-29)23(33)8-9-24(34)31-15-17-32(18-16-31)26-28-21-6-4-10-27-25(21)35-26/h3-7,10H,8-9,11-18H2,1-2H3. The van der Waals surface area contributed by atoms with Crippen LogP contribution in [0, 0.1) is 13.8 Å². The minimum atomic E-state index is 0.0676. The molecule has 0 aliphatic carbocycles. The lowest BCUT2D eigenvalue weighted by Gasteiger charge is -2.37. The summed E-state index contributed by atoms with van der Waals surface area (Å²) in [5.74, 6) is 0.151. The highest BCUT2D eigenvalue weighted by Gasteiger charge is 2.26. The van der Waals surface area contributed by atoms with Crippen molar-refractivity contribution in [2.75, 3.05) is 62.2 Å². The van der Waals surface area contributed by atoms with Crippen molar-refractivity contribution in [2.45, 2.75) is 26.7 Å². The van der Waals surface area contributed by atoms with Crippen molar-refractivity contribution in [1.29, 1.82) is 0 Å². The summed E-state index contributed by atoms with van der Waals surface area (Å²) in [5, 5.41) is 0.959. The minimum Gasteiger partial charge on any atom is -0.368 e. The summed E-state index contributed by atoms with van der Waals surface area (Å²) in [6.45, 7) is 10.2. The van der Waals surface area contributed by atoms with Crippen molar-refractivity contribution in [3.63, 3.8) is 0 Å². The molecular weight excluding hydrogens is 460 g/mol. The summed E-state index contributed by atoms with van der Waals surface area (Å²) in [4.78, 5) is 43.9. The van der Waals surface area contributed by atoms with Crippen LogP contribution in [0.25, 0.3) is 10.3 Å². The molecule has 184 valence electrons. The summed E-state index contributed by atoms with van der Waals surface area (Å²) in [6.07, 6.45) is 2.35. The molecule has 8 nitrogen and oxygen atoms in total. The Balaban J connectivity index is 1.06. The highest BCUT2D eigenvalue weighted by molar-refractivity contribution is 7.21. The SMILES string of the molecule is Cc1cccc(N2CCN(C(=O)CCC(=O)N3CCN(c4nc5cccnc5s4)CC3)CC2)c1C. The van der Waals surface area contributed by atoms with E-state index in [2.05, 4.69) is 51.8 Å². The number of fused-ring (bicyclic) bond motifs is 1. The van der Waals surface area contributed by atoms with E-state index >= 15 is 0 Å². The fourth-order valence-corrected chi connectivity index (χ4v) is 5.81. The zero-order valence-electron chi connectivity index (χ0n) is 20.4. The fourth-order valence-electron chi connectivity index (χ4n) is 4.85. The van der Waals surface area contributed by atoms with E-state index in [4.69, 9.17) is 0 Å². The molecule has 4 heterocycles. The van der Waals surface area contributed by atoms with Crippen LogP contribution in [0.15, 0.2) is 36.5 Å². The summed E-state index contributed by atoms with van der Waals surface area (Å²) in [7, 11) is 0. The molecule has 9 heteroatoms. The van der Waals surface area contributed by atoms with Gasteiger partial charge in [-0.2, -0.15) is 0 Å². The first-order valence-electron chi connectivity index (χ1n) is 12.3. The molecule has 0 bridgehead atoms. The molecule has 2 fully saturated rings. The topological polar surface area (TPSA) is 72.9 Å². The highest BCUT2D eigenvalue weighted by Crippen LogP contribution is 2.28. The van der Waals surface area contributed by atoms with Gasteiger partial charge in [0.2, 0.25) is 11.8 Å². The fraction of sp³-hybridized carbons (Fsp3) is 0.462. The Kier molecular flexibility index (Phi) is 6.86. The third kappa shape index (κ3) is 5.10. The van der Waals surface area contributed by atoms with Crippen molar-refractivity contribution in [1.82, 2.24) is 19.8 Å². The van der Waals surface area contributed by atoms with Gasteiger partial charge in [-0.15, -0.1) is 0 Å². The van der Waals surface area contributed by atoms with E-state index in [1.165, 1.54) is 16.8 Å². The second-order valence-electron chi connectivity index (χ2n) is 9.28. The van der Waals surface area contributed by atoms with Crippen molar-refractivity contribution in [3.05, 3.63) is 47.7 Å². The molecule has 2 aromatic heterocycles. The zero-order valence-corrected chi connectivity index (χ0v) is 21.3. The maximum Gasteiger partial charge on any atom is 0.223 e. The number of aryl methyl sites for hydroxylation is 1. The summed E-state index contributed by atoms with van der Waals surface area (Å²) < 4.78 is 0. The first kappa shape index (κ1) is 23.5. The third-order valence-corrected chi connectivity index (χ3v) is 8.20. The van der Waals surface area contributed by atoms with Gasteiger partial charge in [-0.25, -0.2) is 9.97 Å². The van der Waals surface area contributed by atoms with Gasteiger partial charge in [-0.1, -0.05) is 23.5 Å². The molecule has 2 aliphatic heterocycles. The Labute approximate surface area is 210 Å². The van der Waals surface area contributed by atoms with Crippen LogP contribution in [0.4, 0.5) is 10.8 Å². The monoisotopic (exact) mass is 492 g/mol. The van der Waals surface area contributed by atoms with E-state index < -0.39 is 0 Å². The molecule has 2 aliphatic rings. The van der Waals surface area contributed by atoms with Crippen LogP contribution in [0.3, 0.4) is 0 Å². The number of amides is 2. The molecule has 0 spiro atoms. The second kappa shape index (κ2) is 10.2. The lowest BCUT2D eigenvalue weighted by Crippen LogP contribution is -2.50. The molecule has 3 aromatic rings. The highest BCUT2D eigenvalue weighted by atomic mass is 32.1. The van der Waals surface area contributed by atoms with Crippen LogP contribution < -0.4 is 9.80 Å². The van der Waals surface area contributed by atoms with Crippen molar-refractivity contribution in [3.8, 4) is 0 Å². The van der Waals surface area contributed by atoms with Crippen molar-refractivity contribution in [2.24, 2.45) is 0 Å². The summed E-state index contributed by atoms with van der Waals surface area (Å²) in [6, 6.07) is 10.3. The Morgan fingerprint density at radius 2 is 1.46 bits per heavy atom. The smallest absolute Gasteiger partial charge is 0.223 e. The third-order valence-electron chi connectivity index (χ3n) is 7.16. The van der Waals surface area contributed by atoms with E-state index in [1.807, 2.05) is 21.9 Å². The van der Waals surface area contributed by atoms with Gasteiger partial charge in [-0.3, -0.25) is 9.59 Å². The molecule has 0 atom stereocenters. The van der Waals surface area contributed by atoms with Gasteiger partial charge in [0.1, 0.15) is 10.3 Å². The van der Waals surface area contributed by atoms with E-state index in [0.717, 1.165) is 41.7 Å². The number of benzene rings is 1. The Morgan fingerprint density at radius 3 is 2.09 bits per heavy atom. The summed E-state index contributed by atoms with van der Waals surface area (Å²) >= 11 is 1.59. The normalized spacial score (nSPS) is 16.7. The van der Waals surface area contributed by atoms with Crippen LogP contribution in [0.5, 0.6) is 0 Å². The molecule has 35 heavy (non-hydrogen) atoms. The van der Waals surface area contributed by atoms with E-state index in [1.54, 1.807) is 17.5 Å². The average Bonchev–Trinajstić information content (AvgIpc) is 3.33. The van der Waals surface area contributed by atoms with Crippen LogP contribution in [0.1, 0.15) is 24.0 Å². The molecule has 5 rings (SSSR count). The van der Waals surface area contributed by atoms with Gasteiger partial charge in [-0.05, 0) is 43.2 Å². The first-order chi connectivity index (χ1) is 17.0. The number of anilines is 2. The molecule has 0 radical (unpaired) electrons. The van der Waals surface area contributed by atoms with E-state index in [-0.39, 0.29) is 24.7 Å². The number of carbonyl (C=O) groups is 2. The number of piperazine rings is 2. The number of hydrogen-bond acceptors (Lipinski definition) is 7. The number of carbonyl (C=O) groups excluding carboxylic acids is 2. The van der Waals surface area contributed by atoms with Crippen LogP contribution in [0.2, 0.25) is 0 Å². The number of rotatable bonds is 5. The molecule has 0 N–H and O–H groups in total. The summed E-state index contributed by atoms with van der Waals surface area (Å²) in [5.41, 5.74) is 4.77. The predicted octanol–water partition coefficient (Wildman–Crippen LogP) is 3.09. The molecule has 1 aromatic carbocycles. The maximum atomic E-state index is 12.8. The molecule has 0 unspecified atom stereocenters. The van der Waals surface area contributed by atoms with E-state index in [9.17, 15) is 9.59 Å². The number of nitrogens with zero attached hydrogens (tertiary/aromatic N) is 6. The number of thiazole rings is 1. The van der Waals surface area contributed by atoms with Crippen molar-refractivity contribution < 1.29 is 9.59 Å². The number of pyridine rings is 1. The lowest BCUT2D eigenvalue weighted by atomic mass is 10.1. The van der Waals surface area contributed by atoms with E-state index in [0.29, 0.717) is 26.2 Å². The minimum absolute atomic E-state index is 0.0676. The Hall–Kier alpha value is -3.20. The molecule has 2 saturated heterocycles. The average molecular weight is 493 g/mol. The van der Waals surface area contributed by atoms with Gasteiger partial charge in [0, 0.05) is 77.1 Å². The zero-order chi connectivity index (χ0) is 24.4. The van der Waals surface area contributed by atoms with Crippen LogP contribution in [-0.4, -0.2) is 83.9 Å². The predicted molar refractivity (Wildman–Crippen MR) is 140 cm³/mol. The maximum absolute atomic E-state index is 12.8. The van der Waals surface area contributed by atoms with Gasteiger partial charge in [0.05, 0.1) is 0 Å². The van der Waals surface area contributed by atoms with Crippen molar-refractivity contribution >= 4 is 44.3 Å². The van der Waals surface area contributed by atoms with Gasteiger partial charge >= 0.3 is 0 Å². The van der Waals surface area contributed by atoms with Gasteiger partial charge < -0.3 is 19.6 Å². The van der Waals surface area contributed by atoms with Crippen LogP contribution in [-0.2, 0) is 9.59 Å². The second-order valence-corrected chi connectivity index (χ2v) is 10.2. The largest absolute Gasteiger partial charge is 0.368 e. The number of hydrogen-bond donors (Lipinski definition) is 0. The number of aromatic nitrogens is 2. The molecule has 2 amide bonds.